The molecule has 0 atom stereocenters. The van der Waals surface area contributed by atoms with Crippen LogP contribution in [-0.2, 0) is 24.9 Å². The summed E-state index contributed by atoms with van der Waals surface area (Å²) in [7, 11) is 3.40. The molecule has 1 N–H and O–H groups in total. The van der Waals surface area contributed by atoms with Gasteiger partial charge in [0.25, 0.3) is 5.56 Å². The van der Waals surface area contributed by atoms with Crippen molar-refractivity contribution in [3.63, 3.8) is 0 Å². The fraction of sp³-hybridized carbons (Fsp3) is 0.643. The Morgan fingerprint density at radius 3 is 2.55 bits per heavy atom. The summed E-state index contributed by atoms with van der Waals surface area (Å²) in [6.45, 7) is 5.77. The maximum atomic E-state index is 12.5. The Bertz CT molecular complexity index is 771. The number of aryl methyl sites for hydroxylation is 2. The summed E-state index contributed by atoms with van der Waals surface area (Å²) in [5.41, 5.74) is 0.242. The van der Waals surface area contributed by atoms with Gasteiger partial charge in [-0.1, -0.05) is 0 Å². The largest absolute Gasteiger partial charge is 0.385 e. The molecule has 0 aliphatic heterocycles. The van der Waals surface area contributed by atoms with Gasteiger partial charge in [0.1, 0.15) is 0 Å². The smallest absolute Gasteiger partial charge is 0.332 e. The lowest BCUT2D eigenvalue weighted by Crippen LogP contribution is -2.40. The first kappa shape index (κ1) is 16.3. The van der Waals surface area contributed by atoms with Crippen molar-refractivity contribution >= 4 is 17.1 Å². The predicted molar refractivity (Wildman–Crippen MR) is 85.6 cm³/mol. The van der Waals surface area contributed by atoms with Crippen molar-refractivity contribution in [2.24, 2.45) is 7.05 Å². The van der Waals surface area contributed by atoms with Crippen molar-refractivity contribution < 1.29 is 4.74 Å². The number of rotatable bonds is 7. The number of ether oxygens (including phenoxy) is 1. The number of imidazole rings is 1. The van der Waals surface area contributed by atoms with Crippen molar-refractivity contribution in [2.75, 3.05) is 25.6 Å². The highest BCUT2D eigenvalue weighted by molar-refractivity contribution is 5.74. The van der Waals surface area contributed by atoms with E-state index in [1.165, 1.54) is 4.57 Å². The highest BCUT2D eigenvalue weighted by atomic mass is 16.5. The van der Waals surface area contributed by atoms with Gasteiger partial charge in [-0.05, 0) is 20.3 Å². The standard InChI is InChI=1S/C14H23N5O3/c1-5-15-13-16-11-10(17(13)3)12(20)18(6-2)14(21)19(11)8-7-9-22-4/h5-9H2,1-4H3,(H,15,16). The summed E-state index contributed by atoms with van der Waals surface area (Å²) >= 11 is 0. The van der Waals surface area contributed by atoms with E-state index in [-0.39, 0.29) is 11.2 Å². The minimum absolute atomic E-state index is 0.301. The molecular formula is C14H23N5O3. The van der Waals surface area contributed by atoms with Crippen LogP contribution in [0.5, 0.6) is 0 Å². The van der Waals surface area contributed by atoms with Gasteiger partial charge in [0.15, 0.2) is 11.2 Å². The van der Waals surface area contributed by atoms with E-state index in [1.807, 2.05) is 6.92 Å². The highest BCUT2D eigenvalue weighted by Gasteiger charge is 2.18. The Labute approximate surface area is 128 Å². The zero-order valence-electron chi connectivity index (χ0n) is 13.5. The monoisotopic (exact) mass is 309 g/mol. The van der Waals surface area contributed by atoms with Crippen LogP contribution < -0.4 is 16.6 Å². The van der Waals surface area contributed by atoms with Gasteiger partial charge in [-0.15, -0.1) is 0 Å². The van der Waals surface area contributed by atoms with E-state index in [0.717, 1.165) is 0 Å². The van der Waals surface area contributed by atoms with Crippen LogP contribution in [0.25, 0.3) is 11.2 Å². The summed E-state index contributed by atoms with van der Waals surface area (Å²) in [6.07, 6.45) is 0.681. The molecule has 2 rings (SSSR count). The van der Waals surface area contributed by atoms with E-state index in [9.17, 15) is 9.59 Å². The number of nitrogens with one attached hydrogen (secondary N) is 1. The molecule has 0 spiro atoms. The molecule has 0 aliphatic rings. The zero-order chi connectivity index (χ0) is 16.3. The second-order valence-corrected chi connectivity index (χ2v) is 5.03. The second-order valence-electron chi connectivity index (χ2n) is 5.03. The first-order chi connectivity index (χ1) is 10.6. The number of fused-ring (bicyclic) bond motifs is 1. The number of anilines is 1. The Kier molecular flexibility index (Phi) is 5.02. The minimum atomic E-state index is -0.322. The molecule has 0 saturated heterocycles. The van der Waals surface area contributed by atoms with Crippen molar-refractivity contribution in [2.45, 2.75) is 33.4 Å². The Balaban J connectivity index is 2.72. The molecule has 122 valence electrons. The molecule has 2 heterocycles. The molecule has 0 bridgehead atoms. The van der Waals surface area contributed by atoms with E-state index in [4.69, 9.17) is 4.74 Å². The molecule has 8 nitrogen and oxygen atoms in total. The lowest BCUT2D eigenvalue weighted by molar-refractivity contribution is 0.190. The highest BCUT2D eigenvalue weighted by Crippen LogP contribution is 2.14. The second kappa shape index (κ2) is 6.78. The molecular weight excluding hydrogens is 286 g/mol. The summed E-state index contributed by atoms with van der Waals surface area (Å²) in [6, 6.07) is 0. The van der Waals surface area contributed by atoms with E-state index in [0.29, 0.717) is 49.8 Å². The van der Waals surface area contributed by atoms with Gasteiger partial charge < -0.3 is 14.6 Å². The maximum Gasteiger partial charge on any atom is 0.332 e. The topological polar surface area (TPSA) is 83.1 Å². The van der Waals surface area contributed by atoms with Crippen LogP contribution in [0.3, 0.4) is 0 Å². The Morgan fingerprint density at radius 1 is 1.23 bits per heavy atom. The Morgan fingerprint density at radius 2 is 1.95 bits per heavy atom. The van der Waals surface area contributed by atoms with Gasteiger partial charge in [-0.25, -0.2) is 4.79 Å². The fourth-order valence-corrected chi connectivity index (χ4v) is 2.53. The van der Waals surface area contributed by atoms with E-state index >= 15 is 0 Å². The minimum Gasteiger partial charge on any atom is -0.385 e. The van der Waals surface area contributed by atoms with Gasteiger partial charge >= 0.3 is 5.69 Å². The van der Waals surface area contributed by atoms with Crippen LogP contribution >= 0.6 is 0 Å². The van der Waals surface area contributed by atoms with Gasteiger partial charge in [-0.2, -0.15) is 4.98 Å². The molecule has 0 aromatic carbocycles. The summed E-state index contributed by atoms with van der Waals surface area (Å²) in [5, 5.41) is 3.11. The number of aromatic nitrogens is 4. The molecule has 2 aromatic heterocycles. The van der Waals surface area contributed by atoms with E-state index < -0.39 is 0 Å². The van der Waals surface area contributed by atoms with Gasteiger partial charge in [0.2, 0.25) is 5.95 Å². The molecule has 0 unspecified atom stereocenters. The first-order valence-electron chi connectivity index (χ1n) is 7.49. The van der Waals surface area contributed by atoms with Crippen molar-refractivity contribution in [1.82, 2.24) is 18.7 Å². The third-order valence-corrected chi connectivity index (χ3v) is 3.62. The van der Waals surface area contributed by atoms with Gasteiger partial charge in [0, 0.05) is 40.4 Å². The third kappa shape index (κ3) is 2.66. The van der Waals surface area contributed by atoms with Crippen molar-refractivity contribution in [3.05, 3.63) is 20.8 Å². The lowest BCUT2D eigenvalue weighted by atomic mass is 10.4. The molecule has 0 fully saturated rings. The summed E-state index contributed by atoms with van der Waals surface area (Å²) in [4.78, 5) is 29.5. The number of methoxy groups -OCH3 is 1. The maximum absolute atomic E-state index is 12.5. The van der Waals surface area contributed by atoms with Gasteiger partial charge in [-0.3, -0.25) is 13.9 Å². The molecule has 2 aromatic rings. The SMILES string of the molecule is CCNc1nc2c(c(=O)n(CC)c(=O)n2CCCOC)n1C. The molecule has 0 radical (unpaired) electrons. The van der Waals surface area contributed by atoms with Crippen molar-refractivity contribution in [1.29, 1.82) is 0 Å². The zero-order valence-corrected chi connectivity index (χ0v) is 13.5. The van der Waals surface area contributed by atoms with Gasteiger partial charge in [0.05, 0.1) is 0 Å². The molecule has 22 heavy (non-hydrogen) atoms. The van der Waals surface area contributed by atoms with Crippen LogP contribution in [0.1, 0.15) is 20.3 Å². The van der Waals surface area contributed by atoms with Crippen LogP contribution in [0, 0.1) is 0 Å². The Hall–Kier alpha value is -2.09. The first-order valence-corrected chi connectivity index (χ1v) is 7.49. The molecule has 0 amide bonds. The summed E-state index contributed by atoms with van der Waals surface area (Å²) in [5.74, 6) is 0.586. The van der Waals surface area contributed by atoms with E-state index in [2.05, 4.69) is 10.3 Å². The molecule has 0 aliphatic carbocycles. The average molecular weight is 309 g/mol. The normalized spacial score (nSPS) is 11.3. The third-order valence-electron chi connectivity index (χ3n) is 3.62. The van der Waals surface area contributed by atoms with Crippen LogP contribution in [0.4, 0.5) is 5.95 Å². The molecule has 0 saturated carbocycles. The van der Waals surface area contributed by atoms with Crippen LogP contribution in [0.15, 0.2) is 9.59 Å². The predicted octanol–water partition coefficient (Wildman–Crippen LogP) is 0.385. The van der Waals surface area contributed by atoms with Crippen molar-refractivity contribution in [3.8, 4) is 0 Å². The average Bonchev–Trinajstić information content (AvgIpc) is 2.81. The number of nitrogens with zero attached hydrogens (tertiary/aromatic N) is 4. The summed E-state index contributed by atoms with van der Waals surface area (Å²) < 4.78 is 9.55. The number of hydrogen-bond acceptors (Lipinski definition) is 5. The number of hydrogen-bond donors (Lipinski definition) is 1. The van der Waals surface area contributed by atoms with Crippen LogP contribution in [-0.4, -0.2) is 38.9 Å². The lowest BCUT2D eigenvalue weighted by Gasteiger charge is -2.10. The van der Waals surface area contributed by atoms with Crippen LogP contribution in [0.2, 0.25) is 0 Å². The quantitative estimate of drug-likeness (QED) is 0.748. The van der Waals surface area contributed by atoms with E-state index in [1.54, 1.807) is 30.2 Å². The fourth-order valence-electron chi connectivity index (χ4n) is 2.53. The molecule has 8 heteroatoms.